The molecule has 0 fully saturated rings. The van der Waals surface area contributed by atoms with E-state index in [4.69, 9.17) is 20.4 Å². The fourth-order valence-corrected chi connectivity index (χ4v) is 1.46. The van der Waals surface area contributed by atoms with Crippen LogP contribution in [0, 0.1) is 10.1 Å². The van der Waals surface area contributed by atoms with Gasteiger partial charge in [0.2, 0.25) is 0 Å². The van der Waals surface area contributed by atoms with E-state index in [-0.39, 0.29) is 5.56 Å². The van der Waals surface area contributed by atoms with Crippen LogP contribution >= 0.6 is 11.8 Å². The Labute approximate surface area is 95.2 Å². The third-order valence-corrected chi connectivity index (χ3v) is 2.12. The number of carbonyl (C=O) groups is 1. The zero-order valence-corrected chi connectivity index (χ0v) is 9.18. The van der Waals surface area contributed by atoms with E-state index < -0.39 is 11.1 Å². The Morgan fingerprint density at radius 2 is 2.19 bits per heavy atom. The molecular weight excluding hydrogens is 236 g/mol. The van der Waals surface area contributed by atoms with E-state index in [2.05, 4.69) is 4.98 Å². The lowest BCUT2D eigenvalue weighted by atomic mass is 10.3. The summed E-state index contributed by atoms with van der Waals surface area (Å²) in [5.74, 6) is -0.00820. The molecule has 1 aromatic rings. The zero-order chi connectivity index (χ0) is 12.6. The first-order valence-corrected chi connectivity index (χ1v) is 5.10. The minimum atomic E-state index is -1.50. The lowest BCUT2D eigenvalue weighted by molar-refractivity contribution is -0.742. The van der Waals surface area contributed by atoms with Crippen molar-refractivity contribution >= 4 is 17.7 Å². The van der Waals surface area contributed by atoms with E-state index in [1.807, 2.05) is 6.92 Å². The maximum absolute atomic E-state index is 10.5. The molecule has 0 aliphatic carbocycles. The summed E-state index contributed by atoms with van der Waals surface area (Å²) in [6.07, 6.45) is 3.02. The quantitative estimate of drug-likeness (QED) is 0.472. The molecule has 7 nitrogen and oxygen atoms in total. The minimum absolute atomic E-state index is 0.244. The molecule has 16 heavy (non-hydrogen) atoms. The molecule has 1 aromatic heterocycles. The van der Waals surface area contributed by atoms with Crippen LogP contribution in [-0.2, 0) is 0 Å². The van der Waals surface area contributed by atoms with Gasteiger partial charge in [-0.05, 0) is 11.8 Å². The Morgan fingerprint density at radius 3 is 2.62 bits per heavy atom. The summed E-state index contributed by atoms with van der Waals surface area (Å²) in [6.45, 7) is 2.01. The van der Waals surface area contributed by atoms with Gasteiger partial charge in [0.05, 0.1) is 5.56 Å². The second-order valence-corrected chi connectivity index (χ2v) is 3.72. The molecule has 8 heteroatoms. The topological polar surface area (TPSA) is 114 Å². The Morgan fingerprint density at radius 1 is 1.62 bits per heavy atom. The molecule has 0 saturated carbocycles. The van der Waals surface area contributed by atoms with Gasteiger partial charge in [-0.3, -0.25) is 4.98 Å². The number of carboxylic acid groups (broad SMARTS) is 1. The van der Waals surface area contributed by atoms with Gasteiger partial charge < -0.3 is 10.3 Å². The van der Waals surface area contributed by atoms with Crippen molar-refractivity contribution in [1.29, 1.82) is 0 Å². The summed E-state index contributed by atoms with van der Waals surface area (Å²) in [5.41, 5.74) is 0.244. The fourth-order valence-electron chi connectivity index (χ4n) is 0.781. The Bertz CT molecular complexity index is 367. The normalized spacial score (nSPS) is 8.81. The van der Waals surface area contributed by atoms with Crippen molar-refractivity contribution in [2.75, 3.05) is 5.75 Å². The van der Waals surface area contributed by atoms with Crippen LogP contribution in [0.5, 0.6) is 0 Å². The van der Waals surface area contributed by atoms with Crippen LogP contribution in [0.3, 0.4) is 0 Å². The maximum Gasteiger partial charge on any atom is 0.337 e. The van der Waals surface area contributed by atoms with Gasteiger partial charge in [0, 0.05) is 17.3 Å². The molecule has 1 heterocycles. The average Bonchev–Trinajstić information content (AvgIpc) is 2.17. The molecule has 0 amide bonds. The Balaban J connectivity index is 0.000000487. The number of carboxylic acids is 1. The number of nitrogens with zero attached hydrogens (tertiary/aromatic N) is 2. The van der Waals surface area contributed by atoms with Crippen molar-refractivity contribution < 1.29 is 20.2 Å². The van der Waals surface area contributed by atoms with E-state index in [0.717, 1.165) is 10.6 Å². The predicted molar refractivity (Wildman–Crippen MR) is 56.4 cm³/mol. The van der Waals surface area contributed by atoms with E-state index in [1.54, 1.807) is 24.0 Å². The zero-order valence-electron chi connectivity index (χ0n) is 8.36. The molecule has 0 saturated heterocycles. The first kappa shape index (κ1) is 14.2. The van der Waals surface area contributed by atoms with Gasteiger partial charge in [-0.25, -0.2) is 4.79 Å². The number of hydrogen-bond acceptors (Lipinski definition) is 5. The number of pyridine rings is 1. The SMILES string of the molecule is CCSc1cncc(C(=O)O)c1.O=[N+]([O-])O. The standard InChI is InChI=1S/C8H9NO2S.HNO3/c1-2-12-7-3-6(8(10)11)4-9-5-7;2-1(3)4/h3-5H,2H2,1H3,(H,10,11);(H,2,3,4). The second-order valence-electron chi connectivity index (χ2n) is 2.39. The molecule has 0 atom stereocenters. The van der Waals surface area contributed by atoms with E-state index >= 15 is 0 Å². The minimum Gasteiger partial charge on any atom is -0.478 e. The summed E-state index contributed by atoms with van der Waals surface area (Å²) in [6, 6.07) is 1.63. The first-order chi connectivity index (χ1) is 7.47. The summed E-state index contributed by atoms with van der Waals surface area (Å²) < 4.78 is 0. The maximum atomic E-state index is 10.5. The number of rotatable bonds is 3. The number of thioether (sulfide) groups is 1. The molecule has 0 aromatic carbocycles. The van der Waals surface area contributed by atoms with Gasteiger partial charge in [0.15, 0.2) is 0 Å². The predicted octanol–water partition coefficient (Wildman–Crippen LogP) is 1.54. The molecule has 0 radical (unpaired) electrons. The van der Waals surface area contributed by atoms with Crippen LogP contribution in [0.1, 0.15) is 17.3 Å². The van der Waals surface area contributed by atoms with Gasteiger partial charge in [0.25, 0.3) is 5.09 Å². The van der Waals surface area contributed by atoms with E-state index in [9.17, 15) is 4.79 Å². The highest BCUT2D eigenvalue weighted by atomic mass is 32.2. The Hall–Kier alpha value is -1.83. The summed E-state index contributed by atoms with van der Waals surface area (Å²) >= 11 is 1.58. The van der Waals surface area contributed by atoms with Crippen molar-refractivity contribution in [3.05, 3.63) is 34.1 Å². The molecule has 2 N–H and O–H groups in total. The van der Waals surface area contributed by atoms with Crippen molar-refractivity contribution in [2.45, 2.75) is 11.8 Å². The van der Waals surface area contributed by atoms with Gasteiger partial charge in [-0.1, -0.05) is 6.92 Å². The number of aromatic carboxylic acids is 1. The fraction of sp³-hybridized carbons (Fsp3) is 0.250. The number of hydrogen-bond donors (Lipinski definition) is 2. The van der Waals surface area contributed by atoms with E-state index in [1.165, 1.54) is 6.20 Å². The molecule has 1 rings (SSSR count). The summed E-state index contributed by atoms with van der Waals surface area (Å²) in [7, 11) is 0. The molecule has 0 aliphatic heterocycles. The van der Waals surface area contributed by atoms with Crippen molar-refractivity contribution in [1.82, 2.24) is 4.98 Å². The van der Waals surface area contributed by atoms with Crippen LogP contribution < -0.4 is 0 Å². The average molecular weight is 246 g/mol. The third-order valence-electron chi connectivity index (χ3n) is 1.27. The number of aromatic nitrogens is 1. The monoisotopic (exact) mass is 246 g/mol. The third kappa shape index (κ3) is 6.60. The lowest BCUT2D eigenvalue weighted by Gasteiger charge is -1.98. The molecule has 0 unspecified atom stereocenters. The largest absolute Gasteiger partial charge is 0.478 e. The summed E-state index contributed by atoms with van der Waals surface area (Å²) in [4.78, 5) is 23.6. The first-order valence-electron chi connectivity index (χ1n) is 4.11. The Kier molecular flexibility index (Phi) is 6.61. The smallest absolute Gasteiger partial charge is 0.337 e. The molecule has 88 valence electrons. The molecule has 0 spiro atoms. The van der Waals surface area contributed by atoms with Crippen LogP contribution in [0.4, 0.5) is 0 Å². The van der Waals surface area contributed by atoms with Gasteiger partial charge in [0.1, 0.15) is 0 Å². The summed E-state index contributed by atoms with van der Waals surface area (Å²) in [5, 5.41) is 22.3. The van der Waals surface area contributed by atoms with Gasteiger partial charge in [-0.15, -0.1) is 21.9 Å². The van der Waals surface area contributed by atoms with Crippen LogP contribution in [0.15, 0.2) is 23.4 Å². The van der Waals surface area contributed by atoms with Crippen molar-refractivity contribution in [3.8, 4) is 0 Å². The highest BCUT2D eigenvalue weighted by Gasteiger charge is 2.03. The van der Waals surface area contributed by atoms with Crippen LogP contribution in [-0.4, -0.2) is 32.1 Å². The van der Waals surface area contributed by atoms with Crippen molar-refractivity contribution in [2.24, 2.45) is 0 Å². The van der Waals surface area contributed by atoms with Gasteiger partial charge >= 0.3 is 5.97 Å². The lowest BCUT2D eigenvalue weighted by Crippen LogP contribution is -1.96. The van der Waals surface area contributed by atoms with Gasteiger partial charge in [-0.2, -0.15) is 0 Å². The molecule has 0 bridgehead atoms. The van der Waals surface area contributed by atoms with Crippen LogP contribution in [0.2, 0.25) is 0 Å². The molecule has 0 aliphatic rings. The highest BCUT2D eigenvalue weighted by Crippen LogP contribution is 2.16. The van der Waals surface area contributed by atoms with Crippen molar-refractivity contribution in [3.63, 3.8) is 0 Å². The second kappa shape index (κ2) is 7.46. The van der Waals surface area contributed by atoms with Crippen LogP contribution in [0.25, 0.3) is 0 Å². The molecular formula is C8H10N2O5S. The van der Waals surface area contributed by atoms with E-state index in [0.29, 0.717) is 0 Å². The highest BCUT2D eigenvalue weighted by molar-refractivity contribution is 7.99.